The predicted molar refractivity (Wildman–Crippen MR) is 82.2 cm³/mol. The Kier molecular flexibility index (Phi) is 4.42. The summed E-state index contributed by atoms with van der Waals surface area (Å²) in [5, 5.41) is 11.7. The standard InChI is InChI=1S/C16H18FN3O/c1-11-9-14(7-8-15(11)16(18)19-21)20(2)10-12-3-5-13(17)6-4-12/h3-9,21H,10H2,1-2H3,(H2,18,19). The molecule has 0 unspecified atom stereocenters. The Balaban J connectivity index is 2.18. The van der Waals surface area contributed by atoms with E-state index in [0.29, 0.717) is 12.1 Å². The summed E-state index contributed by atoms with van der Waals surface area (Å²) in [5.41, 5.74) is 9.27. The molecule has 0 saturated carbocycles. The van der Waals surface area contributed by atoms with E-state index in [9.17, 15) is 4.39 Å². The molecule has 0 aliphatic carbocycles. The fraction of sp³-hybridized carbons (Fsp3) is 0.188. The van der Waals surface area contributed by atoms with Gasteiger partial charge < -0.3 is 15.8 Å². The minimum Gasteiger partial charge on any atom is -0.409 e. The lowest BCUT2D eigenvalue weighted by Crippen LogP contribution is -2.18. The van der Waals surface area contributed by atoms with E-state index in [1.165, 1.54) is 12.1 Å². The lowest BCUT2D eigenvalue weighted by molar-refractivity contribution is 0.318. The highest BCUT2D eigenvalue weighted by Crippen LogP contribution is 2.20. The van der Waals surface area contributed by atoms with Crippen LogP contribution in [0.2, 0.25) is 0 Å². The van der Waals surface area contributed by atoms with Gasteiger partial charge in [0.05, 0.1) is 0 Å². The molecule has 110 valence electrons. The first-order valence-electron chi connectivity index (χ1n) is 6.55. The SMILES string of the molecule is Cc1cc(N(C)Cc2ccc(F)cc2)ccc1/C(N)=N/O. The maximum atomic E-state index is 12.9. The molecule has 21 heavy (non-hydrogen) atoms. The van der Waals surface area contributed by atoms with Crippen LogP contribution < -0.4 is 10.6 Å². The monoisotopic (exact) mass is 287 g/mol. The van der Waals surface area contributed by atoms with Gasteiger partial charge in [0.15, 0.2) is 5.84 Å². The molecule has 2 aromatic rings. The molecule has 0 aromatic heterocycles. The molecule has 0 radical (unpaired) electrons. The second-order valence-corrected chi connectivity index (χ2v) is 4.97. The van der Waals surface area contributed by atoms with Crippen LogP contribution in [0.3, 0.4) is 0 Å². The van der Waals surface area contributed by atoms with E-state index in [4.69, 9.17) is 10.9 Å². The Morgan fingerprint density at radius 2 is 1.90 bits per heavy atom. The summed E-state index contributed by atoms with van der Waals surface area (Å²) in [7, 11) is 1.96. The average molecular weight is 287 g/mol. The fourth-order valence-electron chi connectivity index (χ4n) is 2.18. The Bertz CT molecular complexity index is 653. The molecular formula is C16H18FN3O. The fourth-order valence-corrected chi connectivity index (χ4v) is 2.18. The van der Waals surface area contributed by atoms with Gasteiger partial charge in [-0.15, -0.1) is 0 Å². The van der Waals surface area contributed by atoms with Gasteiger partial charge in [-0.05, 0) is 48.4 Å². The van der Waals surface area contributed by atoms with E-state index in [-0.39, 0.29) is 11.7 Å². The van der Waals surface area contributed by atoms with Crippen molar-refractivity contribution < 1.29 is 9.60 Å². The Labute approximate surface area is 123 Å². The van der Waals surface area contributed by atoms with Crippen LogP contribution in [0.25, 0.3) is 0 Å². The zero-order valence-electron chi connectivity index (χ0n) is 12.0. The summed E-state index contributed by atoms with van der Waals surface area (Å²) >= 11 is 0. The Morgan fingerprint density at radius 3 is 2.48 bits per heavy atom. The number of nitrogens with two attached hydrogens (primary N) is 1. The second-order valence-electron chi connectivity index (χ2n) is 4.97. The van der Waals surface area contributed by atoms with Gasteiger partial charge in [-0.3, -0.25) is 0 Å². The van der Waals surface area contributed by atoms with Gasteiger partial charge in [0, 0.05) is 24.8 Å². The summed E-state index contributed by atoms with van der Waals surface area (Å²) in [6, 6.07) is 12.1. The molecule has 0 heterocycles. The number of hydrogen-bond acceptors (Lipinski definition) is 3. The maximum absolute atomic E-state index is 12.9. The molecule has 0 amide bonds. The number of rotatable bonds is 4. The zero-order chi connectivity index (χ0) is 15.4. The topological polar surface area (TPSA) is 61.8 Å². The van der Waals surface area contributed by atoms with Crippen molar-refractivity contribution in [2.75, 3.05) is 11.9 Å². The summed E-state index contributed by atoms with van der Waals surface area (Å²) in [4.78, 5) is 2.05. The number of anilines is 1. The van der Waals surface area contributed by atoms with E-state index >= 15 is 0 Å². The van der Waals surface area contributed by atoms with Crippen molar-refractivity contribution in [2.24, 2.45) is 10.9 Å². The third-order valence-corrected chi connectivity index (χ3v) is 3.37. The van der Waals surface area contributed by atoms with Crippen LogP contribution in [-0.4, -0.2) is 18.1 Å². The molecule has 0 spiro atoms. The van der Waals surface area contributed by atoms with Crippen molar-refractivity contribution in [1.29, 1.82) is 0 Å². The minimum atomic E-state index is -0.236. The highest BCUT2D eigenvalue weighted by atomic mass is 19.1. The smallest absolute Gasteiger partial charge is 0.170 e. The lowest BCUT2D eigenvalue weighted by atomic mass is 10.1. The van der Waals surface area contributed by atoms with Gasteiger partial charge in [0.2, 0.25) is 0 Å². The Hall–Kier alpha value is -2.56. The maximum Gasteiger partial charge on any atom is 0.170 e. The van der Waals surface area contributed by atoms with E-state index in [1.807, 2.05) is 32.2 Å². The number of benzene rings is 2. The second kappa shape index (κ2) is 6.26. The molecular weight excluding hydrogens is 269 g/mol. The van der Waals surface area contributed by atoms with Crippen LogP contribution in [0.15, 0.2) is 47.6 Å². The molecule has 0 aliphatic rings. The normalized spacial score (nSPS) is 11.5. The van der Waals surface area contributed by atoms with Crippen LogP contribution in [0.1, 0.15) is 16.7 Å². The van der Waals surface area contributed by atoms with Crippen molar-refractivity contribution in [3.63, 3.8) is 0 Å². The van der Waals surface area contributed by atoms with Gasteiger partial charge in [0.25, 0.3) is 0 Å². The molecule has 2 rings (SSSR count). The third kappa shape index (κ3) is 3.51. The quantitative estimate of drug-likeness (QED) is 0.393. The third-order valence-electron chi connectivity index (χ3n) is 3.37. The molecule has 0 aliphatic heterocycles. The van der Waals surface area contributed by atoms with Crippen LogP contribution in [-0.2, 0) is 6.54 Å². The number of nitrogens with zero attached hydrogens (tertiary/aromatic N) is 2. The highest BCUT2D eigenvalue weighted by Gasteiger charge is 2.08. The van der Waals surface area contributed by atoms with Crippen molar-refractivity contribution in [3.8, 4) is 0 Å². The highest BCUT2D eigenvalue weighted by molar-refractivity contribution is 5.98. The number of aryl methyl sites for hydroxylation is 1. The summed E-state index contributed by atoms with van der Waals surface area (Å²) < 4.78 is 12.9. The van der Waals surface area contributed by atoms with Crippen molar-refractivity contribution in [3.05, 3.63) is 65.0 Å². The summed E-state index contributed by atoms with van der Waals surface area (Å²) in [5.74, 6) is -0.138. The first kappa shape index (κ1) is 14.8. The molecule has 3 N–H and O–H groups in total. The largest absolute Gasteiger partial charge is 0.409 e. The molecule has 0 saturated heterocycles. The first-order valence-corrected chi connectivity index (χ1v) is 6.55. The van der Waals surface area contributed by atoms with Crippen molar-refractivity contribution in [1.82, 2.24) is 0 Å². The Morgan fingerprint density at radius 1 is 1.24 bits per heavy atom. The van der Waals surface area contributed by atoms with E-state index in [2.05, 4.69) is 10.1 Å². The lowest BCUT2D eigenvalue weighted by Gasteiger charge is -2.20. The molecule has 0 fully saturated rings. The molecule has 0 atom stereocenters. The first-order chi connectivity index (χ1) is 10.0. The number of hydrogen-bond donors (Lipinski definition) is 2. The molecule has 2 aromatic carbocycles. The van der Waals surface area contributed by atoms with Crippen molar-refractivity contribution in [2.45, 2.75) is 13.5 Å². The van der Waals surface area contributed by atoms with Gasteiger partial charge in [-0.2, -0.15) is 0 Å². The summed E-state index contributed by atoms with van der Waals surface area (Å²) in [6.07, 6.45) is 0. The summed E-state index contributed by atoms with van der Waals surface area (Å²) in [6.45, 7) is 2.57. The van der Waals surface area contributed by atoms with Crippen LogP contribution in [0.5, 0.6) is 0 Å². The van der Waals surface area contributed by atoms with E-state index in [0.717, 1.165) is 16.8 Å². The molecule has 4 nitrogen and oxygen atoms in total. The van der Waals surface area contributed by atoms with Gasteiger partial charge >= 0.3 is 0 Å². The van der Waals surface area contributed by atoms with Gasteiger partial charge in [-0.1, -0.05) is 17.3 Å². The number of halogens is 1. The predicted octanol–water partition coefficient (Wildman–Crippen LogP) is 2.87. The molecule has 0 bridgehead atoms. The van der Waals surface area contributed by atoms with E-state index < -0.39 is 0 Å². The van der Waals surface area contributed by atoms with Gasteiger partial charge in [-0.25, -0.2) is 4.39 Å². The van der Waals surface area contributed by atoms with Crippen molar-refractivity contribution >= 4 is 11.5 Å². The van der Waals surface area contributed by atoms with Crippen LogP contribution >= 0.6 is 0 Å². The molecule has 5 heteroatoms. The average Bonchev–Trinajstić information content (AvgIpc) is 2.48. The zero-order valence-corrected chi connectivity index (χ0v) is 12.0. The van der Waals surface area contributed by atoms with Crippen LogP contribution in [0.4, 0.5) is 10.1 Å². The minimum absolute atomic E-state index is 0.0974. The van der Waals surface area contributed by atoms with Gasteiger partial charge in [0.1, 0.15) is 5.82 Å². The van der Waals surface area contributed by atoms with E-state index in [1.54, 1.807) is 12.1 Å². The number of amidine groups is 1. The van der Waals surface area contributed by atoms with Crippen LogP contribution in [0, 0.1) is 12.7 Å². The number of oxime groups is 1.